The molecule has 0 aliphatic heterocycles. The number of carbonyl (C=O) groups excluding carboxylic acids is 1. The summed E-state index contributed by atoms with van der Waals surface area (Å²) in [4.78, 5) is 13.1. The highest BCUT2D eigenvalue weighted by Gasteiger charge is 2.28. The van der Waals surface area contributed by atoms with E-state index in [4.69, 9.17) is 4.74 Å². The van der Waals surface area contributed by atoms with Gasteiger partial charge < -0.3 is 10.1 Å². The molecule has 0 spiro atoms. The Hall–Kier alpha value is -3.16. The van der Waals surface area contributed by atoms with Gasteiger partial charge in [-0.05, 0) is 55.2 Å². The smallest absolute Gasteiger partial charge is 0.243 e. The first kappa shape index (κ1) is 23.5. The van der Waals surface area contributed by atoms with Crippen molar-refractivity contribution in [2.45, 2.75) is 25.2 Å². The van der Waals surface area contributed by atoms with Crippen molar-refractivity contribution < 1.29 is 17.9 Å². The molecule has 0 saturated carbocycles. The van der Waals surface area contributed by atoms with Gasteiger partial charge in [0.1, 0.15) is 5.75 Å². The summed E-state index contributed by atoms with van der Waals surface area (Å²) in [6.45, 7) is 3.48. The Morgan fingerprint density at radius 2 is 1.66 bits per heavy atom. The normalized spacial score (nSPS) is 11.4. The fraction of sp³-hybridized carbons (Fsp3) is 0.240. The molecule has 0 aliphatic carbocycles. The number of benzene rings is 3. The zero-order valence-electron chi connectivity index (χ0n) is 18.5. The Kier molecular flexibility index (Phi) is 7.66. The van der Waals surface area contributed by atoms with E-state index in [0.29, 0.717) is 23.4 Å². The lowest BCUT2D eigenvalue weighted by molar-refractivity contribution is -0.116. The highest BCUT2D eigenvalue weighted by atomic mass is 32.2. The first-order chi connectivity index (χ1) is 15.3. The van der Waals surface area contributed by atoms with Crippen molar-refractivity contribution in [2.24, 2.45) is 0 Å². The summed E-state index contributed by atoms with van der Waals surface area (Å²) in [5.41, 5.74) is 2.98. The monoisotopic (exact) mass is 452 g/mol. The average Bonchev–Trinajstić information content (AvgIpc) is 2.79. The van der Waals surface area contributed by atoms with Crippen LogP contribution in [0.25, 0.3) is 0 Å². The quantitative estimate of drug-likeness (QED) is 0.528. The second-order valence-electron chi connectivity index (χ2n) is 7.59. The minimum absolute atomic E-state index is 0.180. The Morgan fingerprint density at radius 3 is 2.38 bits per heavy atom. The summed E-state index contributed by atoms with van der Waals surface area (Å²) in [6.07, 6.45) is 0.493. The second kappa shape index (κ2) is 10.4. The Bertz CT molecular complexity index is 1180. The minimum Gasteiger partial charge on any atom is -0.495 e. The van der Waals surface area contributed by atoms with Gasteiger partial charge in [0.05, 0.1) is 24.2 Å². The number of nitrogens with one attached hydrogen (secondary N) is 1. The third kappa shape index (κ3) is 5.75. The maximum Gasteiger partial charge on any atom is 0.243 e. The number of ether oxygens (including phenoxy) is 1. The molecule has 32 heavy (non-hydrogen) atoms. The zero-order chi connectivity index (χ0) is 23.1. The third-order valence-corrected chi connectivity index (χ3v) is 7.14. The topological polar surface area (TPSA) is 75.7 Å². The number of hydrogen-bond donors (Lipinski definition) is 1. The number of nitrogens with zero attached hydrogens (tertiary/aromatic N) is 1. The summed E-state index contributed by atoms with van der Waals surface area (Å²) in [5, 5.41) is 2.77. The first-order valence-corrected chi connectivity index (χ1v) is 11.8. The van der Waals surface area contributed by atoms with E-state index in [2.05, 4.69) is 5.32 Å². The molecule has 0 heterocycles. The molecule has 0 aliphatic rings. The largest absolute Gasteiger partial charge is 0.495 e. The summed E-state index contributed by atoms with van der Waals surface area (Å²) in [6, 6.07) is 21.9. The summed E-state index contributed by atoms with van der Waals surface area (Å²) >= 11 is 0. The number of aryl methyl sites for hydroxylation is 2. The molecule has 0 fully saturated rings. The van der Waals surface area contributed by atoms with Crippen LogP contribution in [-0.4, -0.2) is 38.8 Å². The van der Waals surface area contributed by atoms with Crippen molar-refractivity contribution in [3.05, 3.63) is 89.5 Å². The van der Waals surface area contributed by atoms with Gasteiger partial charge in [0.25, 0.3) is 0 Å². The first-order valence-electron chi connectivity index (χ1n) is 10.4. The van der Waals surface area contributed by atoms with Crippen LogP contribution in [0.15, 0.2) is 77.7 Å². The SMILES string of the molecule is COc1ccccc1NC(=O)CN(CCc1ccccc1)S(=O)(=O)c1cc(C)ccc1C. The highest BCUT2D eigenvalue weighted by Crippen LogP contribution is 2.24. The van der Waals surface area contributed by atoms with E-state index in [9.17, 15) is 13.2 Å². The number of rotatable bonds is 9. The van der Waals surface area contributed by atoms with Crippen LogP contribution in [0, 0.1) is 13.8 Å². The lowest BCUT2D eigenvalue weighted by Crippen LogP contribution is -2.39. The Balaban J connectivity index is 1.87. The predicted molar refractivity (Wildman–Crippen MR) is 126 cm³/mol. The average molecular weight is 453 g/mol. The Labute approximate surface area is 189 Å². The van der Waals surface area contributed by atoms with Crippen molar-refractivity contribution in [3.8, 4) is 5.75 Å². The minimum atomic E-state index is -3.89. The highest BCUT2D eigenvalue weighted by molar-refractivity contribution is 7.89. The van der Waals surface area contributed by atoms with Gasteiger partial charge >= 0.3 is 0 Å². The molecule has 0 unspecified atom stereocenters. The lowest BCUT2D eigenvalue weighted by Gasteiger charge is -2.23. The molecule has 3 aromatic rings. The molecule has 168 valence electrons. The van der Waals surface area contributed by atoms with Gasteiger partial charge in [-0.25, -0.2) is 8.42 Å². The number of hydrogen-bond acceptors (Lipinski definition) is 4. The van der Waals surface area contributed by atoms with Crippen LogP contribution < -0.4 is 10.1 Å². The van der Waals surface area contributed by atoms with Crippen LogP contribution in [-0.2, 0) is 21.2 Å². The van der Waals surface area contributed by atoms with Crippen molar-refractivity contribution in [1.82, 2.24) is 4.31 Å². The fourth-order valence-electron chi connectivity index (χ4n) is 3.40. The van der Waals surface area contributed by atoms with Crippen LogP contribution in [0.3, 0.4) is 0 Å². The van der Waals surface area contributed by atoms with Gasteiger partial charge in [-0.15, -0.1) is 0 Å². The molecular formula is C25H28N2O4S. The van der Waals surface area contributed by atoms with E-state index in [1.54, 1.807) is 43.3 Å². The number of amides is 1. The molecule has 0 bridgehead atoms. The molecular weight excluding hydrogens is 424 g/mol. The molecule has 1 N–H and O–H groups in total. The molecule has 3 aromatic carbocycles. The second-order valence-corrected chi connectivity index (χ2v) is 9.50. The zero-order valence-corrected chi connectivity index (χ0v) is 19.4. The van der Waals surface area contributed by atoms with Crippen LogP contribution in [0.1, 0.15) is 16.7 Å². The molecule has 6 nitrogen and oxygen atoms in total. The van der Waals surface area contributed by atoms with Gasteiger partial charge in [0, 0.05) is 6.54 Å². The molecule has 7 heteroatoms. The van der Waals surface area contributed by atoms with Crippen molar-refractivity contribution in [2.75, 3.05) is 25.5 Å². The predicted octanol–water partition coefficient (Wildman–Crippen LogP) is 4.18. The van der Waals surface area contributed by atoms with Gasteiger partial charge in [-0.2, -0.15) is 4.31 Å². The summed E-state index contributed by atoms with van der Waals surface area (Å²) in [5.74, 6) is 0.0746. The van der Waals surface area contributed by atoms with Gasteiger partial charge in [-0.1, -0.05) is 54.6 Å². The number of carbonyl (C=O) groups is 1. The van der Waals surface area contributed by atoms with E-state index in [-0.39, 0.29) is 18.0 Å². The van der Waals surface area contributed by atoms with E-state index in [0.717, 1.165) is 11.1 Å². The van der Waals surface area contributed by atoms with Gasteiger partial charge in [0.15, 0.2) is 0 Å². The van der Waals surface area contributed by atoms with E-state index in [1.165, 1.54) is 11.4 Å². The molecule has 1 amide bonds. The van der Waals surface area contributed by atoms with E-state index >= 15 is 0 Å². The molecule has 0 radical (unpaired) electrons. The van der Waals surface area contributed by atoms with Crippen LogP contribution in [0.5, 0.6) is 5.75 Å². The van der Waals surface area contributed by atoms with Gasteiger partial charge in [-0.3, -0.25) is 4.79 Å². The van der Waals surface area contributed by atoms with Crippen LogP contribution >= 0.6 is 0 Å². The molecule has 0 aromatic heterocycles. The molecule has 0 saturated heterocycles. The number of anilines is 1. The molecule has 0 atom stereocenters. The Morgan fingerprint density at radius 1 is 0.969 bits per heavy atom. The maximum atomic E-state index is 13.6. The number of methoxy groups -OCH3 is 1. The standard InChI is InChI=1S/C25H28N2O4S/c1-19-13-14-20(2)24(17-19)32(29,30)27(16-15-21-9-5-4-6-10-21)18-25(28)26-22-11-7-8-12-23(22)31-3/h4-14,17H,15-16,18H2,1-3H3,(H,26,28). The maximum absolute atomic E-state index is 13.6. The summed E-state index contributed by atoms with van der Waals surface area (Å²) < 4.78 is 33.6. The summed E-state index contributed by atoms with van der Waals surface area (Å²) in [7, 11) is -2.37. The lowest BCUT2D eigenvalue weighted by atomic mass is 10.1. The van der Waals surface area contributed by atoms with Crippen molar-refractivity contribution in [1.29, 1.82) is 0 Å². The molecule has 3 rings (SSSR count). The van der Waals surface area contributed by atoms with Crippen molar-refractivity contribution >= 4 is 21.6 Å². The van der Waals surface area contributed by atoms with E-state index < -0.39 is 15.9 Å². The van der Waals surface area contributed by atoms with E-state index in [1.807, 2.05) is 43.3 Å². The van der Waals surface area contributed by atoms with Crippen molar-refractivity contribution in [3.63, 3.8) is 0 Å². The third-order valence-electron chi connectivity index (χ3n) is 5.16. The van der Waals surface area contributed by atoms with Gasteiger partial charge in [0.2, 0.25) is 15.9 Å². The van der Waals surface area contributed by atoms with Crippen LogP contribution in [0.2, 0.25) is 0 Å². The number of sulfonamides is 1. The fourth-order valence-corrected chi connectivity index (χ4v) is 5.11. The number of para-hydroxylation sites is 2. The van der Waals surface area contributed by atoms with Crippen LogP contribution in [0.4, 0.5) is 5.69 Å².